The summed E-state index contributed by atoms with van der Waals surface area (Å²) >= 11 is 0. The molecule has 1 aromatic heterocycles. The van der Waals surface area contributed by atoms with Crippen LogP contribution in [0.4, 0.5) is 6.01 Å². The number of anilines is 1. The minimum Gasteiger partial charge on any atom is -0.432 e. The normalized spacial score (nSPS) is 10.3. The van der Waals surface area contributed by atoms with Crippen molar-refractivity contribution in [3.63, 3.8) is 0 Å². The molecule has 4 nitrogen and oxygen atoms in total. The van der Waals surface area contributed by atoms with Gasteiger partial charge in [0.25, 0.3) is 6.01 Å². The first kappa shape index (κ1) is 11.8. The standard InChI is InChI=1S/C11H19N3O/c1-5-14(7-9(2)3)11-13-10(6-12-4)8-15-11/h8,12H,2,5-7H2,1,3-4H3. The van der Waals surface area contributed by atoms with Gasteiger partial charge in [0.05, 0.1) is 5.69 Å². The summed E-state index contributed by atoms with van der Waals surface area (Å²) in [4.78, 5) is 6.44. The van der Waals surface area contributed by atoms with Crippen LogP contribution in [-0.2, 0) is 6.54 Å². The summed E-state index contributed by atoms with van der Waals surface area (Å²) < 4.78 is 5.40. The molecule has 0 aliphatic carbocycles. The third kappa shape index (κ3) is 3.40. The number of rotatable bonds is 6. The number of likely N-dealkylation sites (N-methyl/N-ethyl adjacent to an activating group) is 1. The lowest BCUT2D eigenvalue weighted by molar-refractivity contribution is 0.540. The van der Waals surface area contributed by atoms with E-state index in [4.69, 9.17) is 4.42 Å². The zero-order chi connectivity index (χ0) is 11.3. The van der Waals surface area contributed by atoms with Crippen LogP contribution in [0.5, 0.6) is 0 Å². The van der Waals surface area contributed by atoms with Gasteiger partial charge >= 0.3 is 0 Å². The summed E-state index contributed by atoms with van der Waals surface area (Å²) in [6.07, 6.45) is 1.69. The van der Waals surface area contributed by atoms with E-state index in [0.717, 1.165) is 30.9 Å². The zero-order valence-corrected chi connectivity index (χ0v) is 9.71. The molecule has 1 N–H and O–H groups in total. The van der Waals surface area contributed by atoms with Gasteiger partial charge in [-0.15, -0.1) is 0 Å². The second-order valence-electron chi connectivity index (χ2n) is 3.62. The Labute approximate surface area is 91.0 Å². The lowest BCUT2D eigenvalue weighted by Gasteiger charge is -2.17. The number of nitrogens with zero attached hydrogens (tertiary/aromatic N) is 2. The molecule has 15 heavy (non-hydrogen) atoms. The number of nitrogens with one attached hydrogen (secondary N) is 1. The summed E-state index contributed by atoms with van der Waals surface area (Å²) in [5.41, 5.74) is 2.03. The number of hydrogen-bond donors (Lipinski definition) is 1. The Kier molecular flexibility index (Phi) is 4.37. The van der Waals surface area contributed by atoms with E-state index in [0.29, 0.717) is 6.01 Å². The predicted molar refractivity (Wildman–Crippen MR) is 62.0 cm³/mol. The van der Waals surface area contributed by atoms with Crippen LogP contribution in [0.15, 0.2) is 22.8 Å². The largest absolute Gasteiger partial charge is 0.432 e. The second kappa shape index (κ2) is 5.56. The SMILES string of the molecule is C=C(C)CN(CC)c1nc(CNC)co1. The third-order valence-electron chi connectivity index (χ3n) is 2.01. The highest BCUT2D eigenvalue weighted by molar-refractivity contribution is 5.29. The molecule has 84 valence electrons. The smallest absolute Gasteiger partial charge is 0.297 e. The summed E-state index contributed by atoms with van der Waals surface area (Å²) in [6.45, 7) is 10.3. The van der Waals surface area contributed by atoms with E-state index in [1.165, 1.54) is 0 Å². The van der Waals surface area contributed by atoms with Crippen LogP contribution >= 0.6 is 0 Å². The molecular weight excluding hydrogens is 190 g/mol. The van der Waals surface area contributed by atoms with Crippen LogP contribution in [0.3, 0.4) is 0 Å². The second-order valence-corrected chi connectivity index (χ2v) is 3.62. The molecule has 0 amide bonds. The molecule has 0 aromatic carbocycles. The fourth-order valence-electron chi connectivity index (χ4n) is 1.34. The number of oxazole rings is 1. The molecule has 0 spiro atoms. The van der Waals surface area contributed by atoms with Crippen molar-refractivity contribution in [2.75, 3.05) is 25.0 Å². The highest BCUT2D eigenvalue weighted by Gasteiger charge is 2.10. The van der Waals surface area contributed by atoms with E-state index in [1.54, 1.807) is 6.26 Å². The molecule has 0 saturated carbocycles. The third-order valence-corrected chi connectivity index (χ3v) is 2.01. The molecule has 0 aliphatic rings. The molecule has 0 radical (unpaired) electrons. The summed E-state index contributed by atoms with van der Waals surface area (Å²) in [6, 6.07) is 0.672. The van der Waals surface area contributed by atoms with E-state index in [2.05, 4.69) is 28.7 Å². The van der Waals surface area contributed by atoms with Crippen LogP contribution in [-0.4, -0.2) is 25.1 Å². The van der Waals surface area contributed by atoms with Gasteiger partial charge in [0, 0.05) is 19.6 Å². The van der Waals surface area contributed by atoms with Crippen molar-refractivity contribution in [1.29, 1.82) is 0 Å². The molecule has 0 aliphatic heterocycles. The van der Waals surface area contributed by atoms with Crippen molar-refractivity contribution < 1.29 is 4.42 Å². The van der Waals surface area contributed by atoms with E-state index >= 15 is 0 Å². The van der Waals surface area contributed by atoms with Gasteiger partial charge in [-0.2, -0.15) is 4.98 Å². The van der Waals surface area contributed by atoms with E-state index < -0.39 is 0 Å². The fraction of sp³-hybridized carbons (Fsp3) is 0.545. The summed E-state index contributed by atoms with van der Waals surface area (Å²) in [5, 5.41) is 3.04. The Bertz CT molecular complexity index is 319. The Morgan fingerprint density at radius 3 is 2.93 bits per heavy atom. The molecule has 0 unspecified atom stereocenters. The predicted octanol–water partition coefficient (Wildman–Crippen LogP) is 1.80. The Balaban J connectivity index is 2.69. The molecule has 0 saturated heterocycles. The summed E-state index contributed by atoms with van der Waals surface area (Å²) in [5.74, 6) is 0. The maximum absolute atomic E-state index is 5.40. The fourth-order valence-corrected chi connectivity index (χ4v) is 1.34. The van der Waals surface area contributed by atoms with Crippen molar-refractivity contribution in [2.45, 2.75) is 20.4 Å². The van der Waals surface area contributed by atoms with Gasteiger partial charge in [-0.05, 0) is 20.9 Å². The van der Waals surface area contributed by atoms with E-state index in [9.17, 15) is 0 Å². The van der Waals surface area contributed by atoms with Gasteiger partial charge in [0.15, 0.2) is 0 Å². The lowest BCUT2D eigenvalue weighted by Crippen LogP contribution is -2.24. The molecule has 1 aromatic rings. The number of hydrogen-bond acceptors (Lipinski definition) is 4. The van der Waals surface area contributed by atoms with Gasteiger partial charge in [-0.25, -0.2) is 0 Å². The zero-order valence-electron chi connectivity index (χ0n) is 9.71. The molecule has 4 heteroatoms. The first-order valence-corrected chi connectivity index (χ1v) is 5.15. The molecule has 0 fully saturated rings. The van der Waals surface area contributed by atoms with Gasteiger partial charge in [0.2, 0.25) is 0 Å². The van der Waals surface area contributed by atoms with Crippen molar-refractivity contribution in [3.05, 3.63) is 24.1 Å². The first-order chi connectivity index (χ1) is 7.17. The maximum atomic E-state index is 5.40. The molecular formula is C11H19N3O. The molecule has 0 atom stereocenters. The minimum atomic E-state index is 0.672. The van der Waals surface area contributed by atoms with Crippen molar-refractivity contribution in [2.24, 2.45) is 0 Å². The highest BCUT2D eigenvalue weighted by atomic mass is 16.4. The van der Waals surface area contributed by atoms with E-state index in [1.807, 2.05) is 14.0 Å². The maximum Gasteiger partial charge on any atom is 0.297 e. The first-order valence-electron chi connectivity index (χ1n) is 5.15. The van der Waals surface area contributed by atoms with Crippen molar-refractivity contribution in [3.8, 4) is 0 Å². The average molecular weight is 209 g/mol. The summed E-state index contributed by atoms with van der Waals surface area (Å²) in [7, 11) is 1.89. The van der Waals surface area contributed by atoms with Crippen LogP contribution in [0.25, 0.3) is 0 Å². The van der Waals surface area contributed by atoms with Gasteiger partial charge in [-0.3, -0.25) is 0 Å². The van der Waals surface area contributed by atoms with Crippen molar-refractivity contribution in [1.82, 2.24) is 10.3 Å². The Morgan fingerprint density at radius 2 is 2.40 bits per heavy atom. The Hall–Kier alpha value is -1.29. The van der Waals surface area contributed by atoms with Gasteiger partial charge in [0.1, 0.15) is 6.26 Å². The molecule has 1 heterocycles. The quantitative estimate of drug-likeness (QED) is 0.725. The van der Waals surface area contributed by atoms with Crippen LogP contribution in [0.1, 0.15) is 19.5 Å². The van der Waals surface area contributed by atoms with Gasteiger partial charge in [-0.1, -0.05) is 12.2 Å². The van der Waals surface area contributed by atoms with Crippen LogP contribution < -0.4 is 10.2 Å². The average Bonchev–Trinajstić information content (AvgIpc) is 2.63. The van der Waals surface area contributed by atoms with Gasteiger partial charge < -0.3 is 14.6 Å². The minimum absolute atomic E-state index is 0.672. The van der Waals surface area contributed by atoms with E-state index in [-0.39, 0.29) is 0 Å². The number of aromatic nitrogens is 1. The Morgan fingerprint density at radius 1 is 1.67 bits per heavy atom. The molecule has 1 rings (SSSR count). The topological polar surface area (TPSA) is 41.3 Å². The van der Waals surface area contributed by atoms with Crippen LogP contribution in [0.2, 0.25) is 0 Å². The van der Waals surface area contributed by atoms with Crippen molar-refractivity contribution >= 4 is 6.01 Å². The monoisotopic (exact) mass is 209 g/mol. The van der Waals surface area contributed by atoms with Crippen LogP contribution in [0, 0.1) is 0 Å². The molecule has 0 bridgehead atoms. The lowest BCUT2D eigenvalue weighted by atomic mass is 10.3. The highest BCUT2D eigenvalue weighted by Crippen LogP contribution is 2.14.